The van der Waals surface area contributed by atoms with Crippen molar-refractivity contribution in [2.45, 2.75) is 31.8 Å². The van der Waals surface area contributed by atoms with Crippen LogP contribution in [-0.2, 0) is 14.3 Å². The summed E-state index contributed by atoms with van der Waals surface area (Å²) in [4.78, 5) is 45.4. The predicted molar refractivity (Wildman–Crippen MR) is 123 cm³/mol. The highest BCUT2D eigenvalue weighted by atomic mass is 35.5. The number of thiazole rings is 1. The first kappa shape index (κ1) is 21.1. The third kappa shape index (κ3) is 3.90. The number of carbonyl (C=O) groups excluding carboxylic acids is 3. The highest BCUT2D eigenvalue weighted by Crippen LogP contribution is 2.34. The predicted octanol–water partition coefficient (Wildman–Crippen LogP) is 4.43. The third-order valence-corrected chi connectivity index (χ3v) is 7.00. The minimum Gasteiger partial charge on any atom is -0.376 e. The summed E-state index contributed by atoms with van der Waals surface area (Å²) in [6.45, 7) is 1.04. The first-order chi connectivity index (χ1) is 15.5. The standard InChI is InChI=1S/C23H20ClN3O4S/c24-17-7-2-8-18-21(17)25-23(32-18)26(13-16-6-3-11-31-16)22(30)14-4-1-5-15(12-14)27-19(28)9-10-20(27)29/h1-2,4-5,7-8,12,16H,3,6,9-11,13H2. The molecule has 2 aromatic carbocycles. The Hall–Kier alpha value is -2.81. The van der Waals surface area contributed by atoms with Crippen molar-refractivity contribution in [2.75, 3.05) is 23.0 Å². The summed E-state index contributed by atoms with van der Waals surface area (Å²) in [6.07, 6.45) is 2.12. The zero-order valence-electron chi connectivity index (χ0n) is 17.1. The van der Waals surface area contributed by atoms with Crippen LogP contribution in [0, 0.1) is 0 Å². The third-order valence-electron chi connectivity index (χ3n) is 5.65. The molecular formula is C23H20ClN3O4S. The van der Waals surface area contributed by atoms with Gasteiger partial charge in [-0.05, 0) is 43.2 Å². The lowest BCUT2D eigenvalue weighted by Crippen LogP contribution is -2.37. The molecule has 3 aromatic rings. The highest BCUT2D eigenvalue weighted by molar-refractivity contribution is 7.22. The fraction of sp³-hybridized carbons (Fsp3) is 0.304. The quantitative estimate of drug-likeness (QED) is 0.516. The van der Waals surface area contributed by atoms with Gasteiger partial charge in [0.2, 0.25) is 11.8 Å². The molecule has 7 nitrogen and oxygen atoms in total. The second-order valence-electron chi connectivity index (χ2n) is 7.81. The number of fused-ring (bicyclic) bond motifs is 1. The second-order valence-corrected chi connectivity index (χ2v) is 9.22. The van der Waals surface area contributed by atoms with Crippen LogP contribution in [0.25, 0.3) is 10.2 Å². The number of rotatable bonds is 5. The van der Waals surface area contributed by atoms with Gasteiger partial charge in [-0.1, -0.05) is 35.1 Å². The first-order valence-corrected chi connectivity index (χ1v) is 11.6. The van der Waals surface area contributed by atoms with Crippen molar-refractivity contribution in [1.29, 1.82) is 0 Å². The number of para-hydroxylation sites is 1. The van der Waals surface area contributed by atoms with E-state index in [0.29, 0.717) is 40.1 Å². The van der Waals surface area contributed by atoms with E-state index in [0.717, 1.165) is 22.4 Å². The highest BCUT2D eigenvalue weighted by Gasteiger charge is 2.32. The lowest BCUT2D eigenvalue weighted by molar-refractivity contribution is -0.121. The van der Waals surface area contributed by atoms with Crippen molar-refractivity contribution in [2.24, 2.45) is 0 Å². The number of imide groups is 1. The molecule has 1 aromatic heterocycles. The number of amides is 3. The Morgan fingerprint density at radius 3 is 2.69 bits per heavy atom. The Morgan fingerprint density at radius 2 is 1.97 bits per heavy atom. The van der Waals surface area contributed by atoms with E-state index in [1.807, 2.05) is 12.1 Å². The van der Waals surface area contributed by atoms with Gasteiger partial charge in [-0.3, -0.25) is 24.2 Å². The van der Waals surface area contributed by atoms with Gasteiger partial charge in [0.05, 0.1) is 28.1 Å². The number of halogens is 1. The van der Waals surface area contributed by atoms with Gasteiger partial charge in [0.25, 0.3) is 5.91 Å². The van der Waals surface area contributed by atoms with Crippen LogP contribution in [0.4, 0.5) is 10.8 Å². The van der Waals surface area contributed by atoms with Crippen molar-refractivity contribution >= 4 is 61.7 Å². The molecule has 3 heterocycles. The van der Waals surface area contributed by atoms with Crippen LogP contribution in [0.15, 0.2) is 42.5 Å². The fourth-order valence-electron chi connectivity index (χ4n) is 4.06. The van der Waals surface area contributed by atoms with Crippen molar-refractivity contribution < 1.29 is 19.1 Å². The minimum atomic E-state index is -0.267. The molecular weight excluding hydrogens is 450 g/mol. The number of hydrogen-bond donors (Lipinski definition) is 0. The molecule has 9 heteroatoms. The SMILES string of the molecule is O=C(c1cccc(N2C(=O)CCC2=O)c1)N(CC1CCCO1)c1nc2c(Cl)cccc2s1. The van der Waals surface area contributed by atoms with Crippen LogP contribution < -0.4 is 9.80 Å². The van der Waals surface area contributed by atoms with Gasteiger partial charge in [0, 0.05) is 25.0 Å². The van der Waals surface area contributed by atoms with Gasteiger partial charge in [0.15, 0.2) is 5.13 Å². The molecule has 2 fully saturated rings. The summed E-state index contributed by atoms with van der Waals surface area (Å²) < 4.78 is 6.67. The van der Waals surface area contributed by atoms with Gasteiger partial charge in [-0.2, -0.15) is 0 Å². The lowest BCUT2D eigenvalue weighted by atomic mass is 10.1. The van der Waals surface area contributed by atoms with Crippen LogP contribution >= 0.6 is 22.9 Å². The Bertz CT molecular complexity index is 1200. The molecule has 0 saturated carbocycles. The van der Waals surface area contributed by atoms with Crippen LogP contribution in [-0.4, -0.2) is 42.0 Å². The second kappa shape index (κ2) is 8.61. The molecule has 0 spiro atoms. The molecule has 0 aliphatic carbocycles. The molecule has 2 saturated heterocycles. The minimum absolute atomic E-state index is 0.0774. The molecule has 5 rings (SSSR count). The number of hydrogen-bond acceptors (Lipinski definition) is 6. The van der Waals surface area contributed by atoms with Crippen LogP contribution in [0.3, 0.4) is 0 Å². The van der Waals surface area contributed by atoms with Gasteiger partial charge >= 0.3 is 0 Å². The first-order valence-electron chi connectivity index (χ1n) is 10.5. The maximum Gasteiger partial charge on any atom is 0.260 e. The Labute approximate surface area is 193 Å². The molecule has 3 amide bonds. The van der Waals surface area contributed by atoms with E-state index >= 15 is 0 Å². The van der Waals surface area contributed by atoms with E-state index in [9.17, 15) is 14.4 Å². The van der Waals surface area contributed by atoms with Gasteiger partial charge in [0.1, 0.15) is 5.52 Å². The largest absolute Gasteiger partial charge is 0.376 e. The number of nitrogens with zero attached hydrogens (tertiary/aromatic N) is 3. The molecule has 164 valence electrons. The molecule has 1 atom stereocenters. The molecule has 0 N–H and O–H groups in total. The van der Waals surface area contributed by atoms with E-state index in [4.69, 9.17) is 16.3 Å². The maximum atomic E-state index is 13.6. The summed E-state index contributed by atoms with van der Waals surface area (Å²) in [5.74, 6) is -0.773. The van der Waals surface area contributed by atoms with Crippen molar-refractivity contribution in [3.05, 3.63) is 53.1 Å². The number of anilines is 2. The van der Waals surface area contributed by atoms with Crippen LogP contribution in [0.5, 0.6) is 0 Å². The molecule has 0 radical (unpaired) electrons. The summed E-state index contributed by atoms with van der Waals surface area (Å²) in [5.41, 5.74) is 1.44. The number of ether oxygens (including phenoxy) is 1. The lowest BCUT2D eigenvalue weighted by Gasteiger charge is -2.23. The van der Waals surface area contributed by atoms with E-state index in [1.54, 1.807) is 35.2 Å². The summed E-state index contributed by atoms with van der Waals surface area (Å²) in [6, 6.07) is 12.2. The number of carbonyl (C=O) groups is 3. The van der Waals surface area contributed by atoms with Gasteiger partial charge in [-0.25, -0.2) is 4.98 Å². The number of aromatic nitrogens is 1. The van der Waals surface area contributed by atoms with E-state index < -0.39 is 0 Å². The molecule has 1 unspecified atom stereocenters. The molecule has 2 aliphatic heterocycles. The van der Waals surface area contributed by atoms with Crippen molar-refractivity contribution in [1.82, 2.24) is 4.98 Å². The van der Waals surface area contributed by atoms with Crippen molar-refractivity contribution in [3.63, 3.8) is 0 Å². The summed E-state index contributed by atoms with van der Waals surface area (Å²) in [5, 5.41) is 1.06. The molecule has 0 bridgehead atoms. The van der Waals surface area contributed by atoms with Crippen molar-refractivity contribution in [3.8, 4) is 0 Å². The van der Waals surface area contributed by atoms with E-state index in [2.05, 4.69) is 4.98 Å². The Morgan fingerprint density at radius 1 is 1.19 bits per heavy atom. The average molecular weight is 470 g/mol. The molecule has 2 aliphatic rings. The smallest absolute Gasteiger partial charge is 0.260 e. The average Bonchev–Trinajstić information content (AvgIpc) is 3.52. The van der Waals surface area contributed by atoms with E-state index in [-0.39, 0.29) is 36.7 Å². The van der Waals surface area contributed by atoms with Gasteiger partial charge in [-0.15, -0.1) is 0 Å². The topological polar surface area (TPSA) is 79.8 Å². The summed E-state index contributed by atoms with van der Waals surface area (Å²) in [7, 11) is 0. The van der Waals surface area contributed by atoms with E-state index in [1.165, 1.54) is 11.3 Å². The fourth-order valence-corrected chi connectivity index (χ4v) is 5.33. The van der Waals surface area contributed by atoms with Crippen LogP contribution in [0.2, 0.25) is 5.02 Å². The zero-order chi connectivity index (χ0) is 22.2. The monoisotopic (exact) mass is 469 g/mol. The Balaban J connectivity index is 1.51. The normalized spacial score (nSPS) is 18.7. The Kier molecular flexibility index (Phi) is 5.67. The maximum absolute atomic E-state index is 13.6. The summed E-state index contributed by atoms with van der Waals surface area (Å²) >= 11 is 7.70. The molecule has 32 heavy (non-hydrogen) atoms. The van der Waals surface area contributed by atoms with Gasteiger partial charge < -0.3 is 4.74 Å². The van der Waals surface area contributed by atoms with Crippen LogP contribution in [0.1, 0.15) is 36.0 Å². The zero-order valence-corrected chi connectivity index (χ0v) is 18.7. The number of benzene rings is 2.